The second-order valence-electron chi connectivity index (χ2n) is 7.39. The molecule has 0 bridgehead atoms. The van der Waals surface area contributed by atoms with Crippen LogP contribution in [-0.2, 0) is 14.4 Å². The topological polar surface area (TPSA) is 179 Å². The number of nitrogens with zero attached hydrogens (tertiary/aromatic N) is 2. The molecule has 0 radical (unpaired) electrons. The van der Waals surface area contributed by atoms with Crippen molar-refractivity contribution in [2.45, 2.75) is 30.9 Å². The zero-order valence-electron chi connectivity index (χ0n) is 17.9. The maximum absolute atomic E-state index is 10.3. The molecule has 1 aliphatic heterocycles. The van der Waals surface area contributed by atoms with Crippen molar-refractivity contribution in [1.29, 1.82) is 0 Å². The largest absolute Gasteiger partial charge is 0.490 e. The fourth-order valence-electron chi connectivity index (χ4n) is 2.70. The average Bonchev–Trinajstić information content (AvgIpc) is 2.73. The van der Waals surface area contributed by atoms with E-state index in [4.69, 9.17) is 36.8 Å². The van der Waals surface area contributed by atoms with E-state index in [-0.39, 0.29) is 0 Å². The van der Waals surface area contributed by atoms with Crippen LogP contribution < -0.4 is 10.1 Å². The summed E-state index contributed by atoms with van der Waals surface area (Å²) in [5.74, 6) is -4.28. The molecule has 0 aliphatic carbocycles. The lowest BCUT2D eigenvalue weighted by Gasteiger charge is -2.27. The molecule has 11 nitrogen and oxygen atoms in total. The number of nitrogens with one attached hydrogen (secondary N) is 1. The van der Waals surface area contributed by atoms with E-state index in [1.807, 2.05) is 30.4 Å². The van der Waals surface area contributed by atoms with Gasteiger partial charge in [0.2, 0.25) is 0 Å². The zero-order chi connectivity index (χ0) is 25.1. The van der Waals surface area contributed by atoms with Gasteiger partial charge in [-0.2, -0.15) is 0 Å². The van der Waals surface area contributed by atoms with Crippen LogP contribution in [0.3, 0.4) is 0 Å². The number of ether oxygens (including phenoxy) is 1. The summed E-state index contributed by atoms with van der Waals surface area (Å²) >= 11 is 6.12. The first-order valence-electron chi connectivity index (χ1n) is 10.1. The van der Waals surface area contributed by atoms with Gasteiger partial charge < -0.3 is 30.5 Å². The van der Waals surface area contributed by atoms with Crippen molar-refractivity contribution in [2.24, 2.45) is 0 Å². The summed E-state index contributed by atoms with van der Waals surface area (Å²) in [6, 6.07) is 6.23. The van der Waals surface area contributed by atoms with Crippen LogP contribution in [-0.4, -0.2) is 73.1 Å². The molecule has 0 aromatic carbocycles. The molecule has 1 atom stereocenters. The molecular weight excluding hydrogens is 470 g/mol. The van der Waals surface area contributed by atoms with Gasteiger partial charge in [0.15, 0.2) is 5.60 Å². The minimum atomic E-state index is -2.74. The molecule has 182 valence electrons. The molecule has 0 unspecified atom stereocenters. The van der Waals surface area contributed by atoms with Gasteiger partial charge in [-0.05, 0) is 36.7 Å². The van der Waals surface area contributed by atoms with Gasteiger partial charge in [0.1, 0.15) is 17.5 Å². The highest BCUT2D eigenvalue weighted by Gasteiger charge is 2.40. The van der Waals surface area contributed by atoms with Crippen molar-refractivity contribution in [1.82, 2.24) is 15.3 Å². The molecule has 3 heterocycles. The van der Waals surface area contributed by atoms with E-state index in [0.29, 0.717) is 17.8 Å². The fourth-order valence-corrected chi connectivity index (χ4v) is 2.87. The average molecular weight is 494 g/mol. The Labute approximate surface area is 199 Å². The minimum Gasteiger partial charge on any atom is -0.490 e. The summed E-state index contributed by atoms with van der Waals surface area (Å²) in [4.78, 5) is 38.6. The summed E-state index contributed by atoms with van der Waals surface area (Å²) in [7, 11) is 0. The van der Waals surface area contributed by atoms with Crippen molar-refractivity contribution in [3.8, 4) is 5.75 Å². The lowest BCUT2D eigenvalue weighted by Crippen LogP contribution is -2.46. The highest BCUT2D eigenvalue weighted by molar-refractivity contribution is 6.31. The third kappa shape index (κ3) is 8.77. The van der Waals surface area contributed by atoms with Crippen LogP contribution in [0.5, 0.6) is 5.75 Å². The Balaban J connectivity index is 0.000000273. The van der Waals surface area contributed by atoms with Gasteiger partial charge in [0.05, 0.1) is 19.0 Å². The van der Waals surface area contributed by atoms with Crippen molar-refractivity contribution in [2.75, 3.05) is 13.2 Å². The summed E-state index contributed by atoms with van der Waals surface area (Å²) in [5.41, 5.74) is -0.837. The highest BCUT2D eigenvalue weighted by atomic mass is 35.5. The first-order valence-corrected chi connectivity index (χ1v) is 10.5. The van der Waals surface area contributed by atoms with Crippen LogP contribution in [0.1, 0.15) is 30.4 Å². The van der Waals surface area contributed by atoms with Crippen LogP contribution in [0, 0.1) is 0 Å². The highest BCUT2D eigenvalue weighted by Crippen LogP contribution is 2.22. The van der Waals surface area contributed by atoms with Crippen LogP contribution in [0.4, 0.5) is 0 Å². The summed E-state index contributed by atoms with van der Waals surface area (Å²) in [5, 5.41) is 37.6. The minimum absolute atomic E-state index is 0.455. The van der Waals surface area contributed by atoms with Gasteiger partial charge in [-0.25, -0.2) is 9.78 Å². The molecule has 5 N–H and O–H groups in total. The number of rotatable bonds is 10. The third-order valence-electron chi connectivity index (χ3n) is 4.66. The van der Waals surface area contributed by atoms with Gasteiger partial charge in [0.25, 0.3) is 0 Å². The number of carbonyl (C=O) groups is 3. The Morgan fingerprint density at radius 1 is 1.15 bits per heavy atom. The Hall–Kier alpha value is -3.54. The maximum atomic E-state index is 10.3. The van der Waals surface area contributed by atoms with E-state index in [9.17, 15) is 14.4 Å². The van der Waals surface area contributed by atoms with Crippen molar-refractivity contribution in [3.05, 3.63) is 53.1 Å². The normalized spacial score (nSPS) is 15.1. The number of aliphatic hydroxyl groups is 1. The summed E-state index contributed by atoms with van der Waals surface area (Å²) in [6.07, 6.45) is 7.94. The van der Waals surface area contributed by atoms with Crippen LogP contribution >= 0.6 is 11.6 Å². The van der Waals surface area contributed by atoms with Gasteiger partial charge in [-0.1, -0.05) is 23.8 Å². The van der Waals surface area contributed by atoms with Crippen molar-refractivity contribution < 1.29 is 39.5 Å². The van der Waals surface area contributed by atoms with E-state index in [2.05, 4.69) is 15.3 Å². The number of aromatic nitrogens is 2. The maximum Gasteiger partial charge on any atom is 0.336 e. The third-order valence-corrected chi connectivity index (χ3v) is 4.98. The van der Waals surface area contributed by atoms with Crippen LogP contribution in [0.25, 0.3) is 12.2 Å². The van der Waals surface area contributed by atoms with Crippen LogP contribution in [0.15, 0.2) is 36.8 Å². The number of carboxylic acid groups (broad SMARTS) is 3. The predicted molar refractivity (Wildman–Crippen MR) is 121 cm³/mol. The second-order valence-corrected chi connectivity index (χ2v) is 7.75. The van der Waals surface area contributed by atoms with Gasteiger partial charge in [-0.15, -0.1) is 0 Å². The number of aliphatic carboxylic acids is 3. The Morgan fingerprint density at radius 3 is 2.26 bits per heavy atom. The molecule has 12 heteroatoms. The van der Waals surface area contributed by atoms with Crippen molar-refractivity contribution >= 4 is 41.7 Å². The summed E-state index contributed by atoms with van der Waals surface area (Å²) in [6.45, 7) is 1.74. The van der Waals surface area contributed by atoms with E-state index in [1.54, 1.807) is 18.6 Å². The predicted octanol–water partition coefficient (Wildman–Crippen LogP) is 1.79. The van der Waals surface area contributed by atoms with Gasteiger partial charge in [0, 0.05) is 24.0 Å². The molecule has 1 fully saturated rings. The molecule has 0 amide bonds. The molecule has 2 aromatic heterocycles. The first-order chi connectivity index (χ1) is 16.1. The van der Waals surface area contributed by atoms with Crippen molar-refractivity contribution in [3.63, 3.8) is 0 Å². The number of hydrogen-bond acceptors (Lipinski definition) is 8. The lowest BCUT2D eigenvalue weighted by atomic mass is 9.96. The SMILES string of the molecule is Clc1ncc(OC[C@@H]2CCN2)cc1C=Cc1ccncc1.O=C(O)CC(O)(CC(=O)O)C(=O)O. The molecule has 2 aromatic rings. The first kappa shape index (κ1) is 26.7. The molecule has 1 aliphatic rings. The van der Waals surface area contributed by atoms with Gasteiger partial charge in [-0.3, -0.25) is 14.6 Å². The number of halogens is 1. The van der Waals surface area contributed by atoms with E-state index in [1.165, 1.54) is 0 Å². The second kappa shape index (κ2) is 12.6. The zero-order valence-corrected chi connectivity index (χ0v) is 18.7. The molecule has 0 saturated carbocycles. The molecular formula is C22H24ClN3O8. The monoisotopic (exact) mass is 493 g/mol. The van der Waals surface area contributed by atoms with E-state index in [0.717, 1.165) is 29.8 Å². The lowest BCUT2D eigenvalue weighted by molar-refractivity contribution is -0.170. The summed E-state index contributed by atoms with van der Waals surface area (Å²) < 4.78 is 5.73. The Kier molecular flexibility index (Phi) is 9.92. The standard InChI is InChI=1S/C16H16ClN3O.C6H8O7/c17-16-13(2-1-12-3-6-18-7-4-12)9-15(10-20-16)21-11-14-5-8-19-14;7-3(8)1-6(13,5(11)12)2-4(9)10/h1-4,6-7,9-10,14,19H,5,8,11H2;13H,1-2H2,(H,7,8)(H,9,10)(H,11,12)/t14-;/m0./s1. The smallest absolute Gasteiger partial charge is 0.336 e. The van der Waals surface area contributed by atoms with Gasteiger partial charge >= 0.3 is 17.9 Å². The fraction of sp³-hybridized carbons (Fsp3) is 0.318. The van der Waals surface area contributed by atoms with E-state index >= 15 is 0 Å². The number of hydrogen-bond donors (Lipinski definition) is 5. The Bertz CT molecular complexity index is 1010. The quantitative estimate of drug-likeness (QED) is 0.304. The Morgan fingerprint density at radius 2 is 1.76 bits per heavy atom. The number of carboxylic acids is 3. The van der Waals surface area contributed by atoms with E-state index < -0.39 is 36.4 Å². The number of pyridine rings is 2. The molecule has 1 saturated heterocycles. The molecule has 34 heavy (non-hydrogen) atoms. The molecule has 3 rings (SSSR count). The van der Waals surface area contributed by atoms with Crippen LogP contribution in [0.2, 0.25) is 5.15 Å². The molecule has 0 spiro atoms.